The zero-order chi connectivity index (χ0) is 22.0. The predicted octanol–water partition coefficient (Wildman–Crippen LogP) is 5.17. The van der Waals surface area contributed by atoms with Crippen LogP contribution >= 0.6 is 81.3 Å². The lowest BCUT2D eigenvalue weighted by atomic mass is 10.3. The lowest BCUT2D eigenvalue weighted by Gasteiger charge is -2.19. The number of thiol groups is 3. The van der Waals surface area contributed by atoms with E-state index in [-0.39, 0.29) is 34.4 Å². The molecular weight excluding hydrogens is 510 g/mol. The summed E-state index contributed by atoms with van der Waals surface area (Å²) in [7, 11) is -2.76. The highest BCUT2D eigenvalue weighted by Gasteiger charge is 2.33. The molecule has 0 aliphatic rings. The van der Waals surface area contributed by atoms with E-state index < -0.39 is 42.3 Å². The van der Waals surface area contributed by atoms with Crippen LogP contribution in [0.3, 0.4) is 0 Å². The molecule has 0 aliphatic heterocycles. The number of allylic oxidation sites excluding steroid dienone is 3. The molecule has 3 unspecified atom stereocenters. The third-order valence-electron chi connectivity index (χ3n) is 2.55. The van der Waals surface area contributed by atoms with Crippen molar-refractivity contribution in [3.8, 4) is 0 Å². The van der Waals surface area contributed by atoms with Crippen molar-refractivity contribution in [1.29, 1.82) is 0 Å². The minimum absolute atomic E-state index is 0.0168. The van der Waals surface area contributed by atoms with Crippen LogP contribution in [0.5, 0.6) is 0 Å². The SMILES string of the molecule is C=C(Cl)CC(S)C(=O)OP(OC(=O)C(S)CC(=C)Cl)OC(=O)C(S)CC(=C)Cl. The van der Waals surface area contributed by atoms with Gasteiger partial charge in [0.05, 0.1) is 0 Å². The van der Waals surface area contributed by atoms with Crippen LogP contribution in [0.25, 0.3) is 0 Å². The van der Waals surface area contributed by atoms with E-state index in [1.807, 2.05) is 0 Å². The molecule has 0 aromatic heterocycles. The smallest absolute Gasteiger partial charge is 0.374 e. The number of carbonyl (C=O) groups excluding carboxylic acids is 3. The number of rotatable bonds is 12. The molecule has 0 spiro atoms. The van der Waals surface area contributed by atoms with Crippen molar-refractivity contribution < 1.29 is 28.0 Å². The molecule has 158 valence electrons. The van der Waals surface area contributed by atoms with Gasteiger partial charge in [0.25, 0.3) is 0 Å². The van der Waals surface area contributed by atoms with Crippen molar-refractivity contribution in [1.82, 2.24) is 0 Å². The van der Waals surface area contributed by atoms with Crippen LogP contribution in [-0.2, 0) is 28.0 Å². The molecule has 0 radical (unpaired) electrons. The van der Waals surface area contributed by atoms with Gasteiger partial charge < -0.3 is 13.6 Å². The Bertz CT molecular complexity index is 563. The largest absolute Gasteiger partial charge is 0.537 e. The van der Waals surface area contributed by atoms with Crippen molar-refractivity contribution in [2.24, 2.45) is 0 Å². The Morgan fingerprint density at radius 3 is 1.07 bits per heavy atom. The highest BCUT2D eigenvalue weighted by molar-refractivity contribution is 7.82. The summed E-state index contributed by atoms with van der Waals surface area (Å²) in [5.74, 6) is -2.81. The Kier molecular flexibility index (Phi) is 14.1. The fourth-order valence-corrected chi connectivity index (χ4v) is 4.13. The second-order valence-electron chi connectivity index (χ2n) is 5.17. The summed E-state index contributed by atoms with van der Waals surface area (Å²) in [6, 6.07) is 0. The van der Waals surface area contributed by atoms with E-state index in [0.717, 1.165) is 0 Å². The second kappa shape index (κ2) is 14.1. The van der Waals surface area contributed by atoms with E-state index in [2.05, 4.69) is 57.6 Å². The molecule has 0 aromatic carbocycles. The second-order valence-corrected chi connectivity index (χ2v) is 9.63. The topological polar surface area (TPSA) is 78.9 Å². The fraction of sp³-hybridized carbons (Fsp3) is 0.400. The zero-order valence-electron chi connectivity index (χ0n) is 14.3. The highest BCUT2D eigenvalue weighted by Crippen LogP contribution is 2.43. The van der Waals surface area contributed by atoms with Crippen LogP contribution in [0, 0.1) is 0 Å². The summed E-state index contributed by atoms with van der Waals surface area (Å²) in [5.41, 5.74) is 0. The van der Waals surface area contributed by atoms with Gasteiger partial charge in [-0.15, -0.1) is 0 Å². The van der Waals surface area contributed by atoms with E-state index in [9.17, 15) is 14.4 Å². The first kappa shape index (κ1) is 28.0. The Hall–Kier alpha value is -0.0200. The van der Waals surface area contributed by atoms with Gasteiger partial charge in [-0.3, -0.25) is 14.4 Å². The molecule has 0 N–H and O–H groups in total. The van der Waals surface area contributed by atoms with E-state index in [0.29, 0.717) is 0 Å². The Morgan fingerprint density at radius 1 is 0.679 bits per heavy atom. The number of carbonyl (C=O) groups is 3. The maximum Gasteiger partial charge on any atom is 0.537 e. The van der Waals surface area contributed by atoms with E-state index in [4.69, 9.17) is 48.4 Å². The minimum Gasteiger partial charge on any atom is -0.374 e. The molecule has 0 aromatic rings. The van der Waals surface area contributed by atoms with Crippen molar-refractivity contribution in [3.63, 3.8) is 0 Å². The molecule has 0 fully saturated rings. The lowest BCUT2D eigenvalue weighted by Crippen LogP contribution is -2.23. The maximum absolute atomic E-state index is 12.1. The molecule has 0 bridgehead atoms. The molecule has 0 amide bonds. The molecule has 0 heterocycles. The first-order valence-corrected chi connectivity index (χ1v) is 11.1. The van der Waals surface area contributed by atoms with Gasteiger partial charge in [0.2, 0.25) is 0 Å². The van der Waals surface area contributed by atoms with Crippen molar-refractivity contribution >= 4 is 99.2 Å². The van der Waals surface area contributed by atoms with Crippen LogP contribution in [0.1, 0.15) is 19.3 Å². The molecule has 3 atom stereocenters. The normalized spacial score (nSPS) is 14.8. The quantitative estimate of drug-likeness (QED) is 0.240. The van der Waals surface area contributed by atoms with Gasteiger partial charge in [0.1, 0.15) is 15.7 Å². The molecule has 28 heavy (non-hydrogen) atoms. The average Bonchev–Trinajstić information content (AvgIpc) is 2.52. The Morgan fingerprint density at radius 2 is 0.893 bits per heavy atom. The average molecular weight is 528 g/mol. The maximum atomic E-state index is 12.1. The summed E-state index contributed by atoms with van der Waals surface area (Å²) in [6.45, 7) is 10.3. The van der Waals surface area contributed by atoms with Crippen molar-refractivity contribution in [2.75, 3.05) is 0 Å². The van der Waals surface area contributed by atoms with Gasteiger partial charge in [-0.1, -0.05) is 54.5 Å². The Labute approximate surface area is 196 Å². The van der Waals surface area contributed by atoms with Gasteiger partial charge in [0.15, 0.2) is 0 Å². The standard InChI is InChI=1S/C15H18Cl3O6PS3/c1-7(16)4-10(26)13(19)22-25(23-14(20)11(27)5-8(2)17)24-15(21)12(28)6-9(3)18/h10-12,26-28H,1-6H2. The molecule has 6 nitrogen and oxygen atoms in total. The predicted molar refractivity (Wildman–Crippen MR) is 122 cm³/mol. The summed E-state index contributed by atoms with van der Waals surface area (Å²) < 4.78 is 14.8. The zero-order valence-corrected chi connectivity index (χ0v) is 20.2. The lowest BCUT2D eigenvalue weighted by molar-refractivity contribution is -0.141. The van der Waals surface area contributed by atoms with Crippen LogP contribution in [0.2, 0.25) is 0 Å². The molecule has 0 saturated carbocycles. The first-order valence-electron chi connectivity index (χ1n) is 7.33. The van der Waals surface area contributed by atoms with Crippen LogP contribution in [0.4, 0.5) is 0 Å². The van der Waals surface area contributed by atoms with Crippen LogP contribution in [0.15, 0.2) is 34.8 Å². The minimum atomic E-state index is -2.76. The number of halogens is 3. The van der Waals surface area contributed by atoms with Gasteiger partial charge in [-0.25, -0.2) is 0 Å². The Balaban J connectivity index is 5.19. The van der Waals surface area contributed by atoms with Gasteiger partial charge >= 0.3 is 26.5 Å². The summed E-state index contributed by atoms with van der Waals surface area (Å²) in [4.78, 5) is 36.2. The van der Waals surface area contributed by atoms with Crippen LogP contribution in [-0.4, -0.2) is 33.7 Å². The summed E-state index contributed by atoms with van der Waals surface area (Å²) >= 11 is 28.9. The molecule has 0 saturated heterocycles. The molecule has 13 heteroatoms. The molecule has 0 aliphatic carbocycles. The van der Waals surface area contributed by atoms with Crippen LogP contribution < -0.4 is 0 Å². The van der Waals surface area contributed by atoms with E-state index in [1.54, 1.807) is 0 Å². The fourth-order valence-electron chi connectivity index (χ4n) is 1.34. The molecule has 0 rings (SSSR count). The van der Waals surface area contributed by atoms with Gasteiger partial charge in [-0.05, 0) is 0 Å². The van der Waals surface area contributed by atoms with E-state index in [1.165, 1.54) is 0 Å². The monoisotopic (exact) mass is 526 g/mol. The third-order valence-corrected chi connectivity index (χ3v) is 5.18. The van der Waals surface area contributed by atoms with Crippen molar-refractivity contribution in [3.05, 3.63) is 34.8 Å². The van der Waals surface area contributed by atoms with Gasteiger partial charge in [-0.2, -0.15) is 37.9 Å². The highest BCUT2D eigenvalue weighted by atomic mass is 35.5. The van der Waals surface area contributed by atoms with Gasteiger partial charge in [0, 0.05) is 34.4 Å². The molecular formula is C15H18Cl3O6PS3. The van der Waals surface area contributed by atoms with E-state index >= 15 is 0 Å². The summed E-state index contributed by atoms with van der Waals surface area (Å²) in [6.07, 6.45) is -0.0503. The van der Waals surface area contributed by atoms with Crippen molar-refractivity contribution in [2.45, 2.75) is 35.0 Å². The third kappa shape index (κ3) is 12.5. The number of hydrogen-bond donors (Lipinski definition) is 3. The summed E-state index contributed by atoms with van der Waals surface area (Å²) in [5, 5.41) is -2.59. The number of hydrogen-bond acceptors (Lipinski definition) is 9. The first-order chi connectivity index (χ1) is 12.8.